The summed E-state index contributed by atoms with van der Waals surface area (Å²) in [6.45, 7) is -0.396. The van der Waals surface area contributed by atoms with Crippen molar-refractivity contribution in [3.8, 4) is 0 Å². The van der Waals surface area contributed by atoms with Crippen molar-refractivity contribution in [1.29, 1.82) is 0 Å². The van der Waals surface area contributed by atoms with Gasteiger partial charge in [0.1, 0.15) is 35.2 Å². The van der Waals surface area contributed by atoms with Crippen molar-refractivity contribution in [1.82, 2.24) is 30.1 Å². The molecule has 3 aliphatic heterocycles. The molecule has 29 heavy (non-hydrogen) atoms. The molecule has 11 nitrogen and oxygen atoms in total. The maximum absolute atomic E-state index is 10.3. The quantitative estimate of drug-likeness (QED) is 0.372. The molecule has 0 aliphatic carbocycles. The highest BCUT2D eigenvalue weighted by Crippen LogP contribution is 2.34. The van der Waals surface area contributed by atoms with Gasteiger partial charge in [-0.15, -0.1) is 0 Å². The molecule has 12 heteroatoms. The summed E-state index contributed by atoms with van der Waals surface area (Å²) in [5.41, 5.74) is 5.73. The van der Waals surface area contributed by atoms with Gasteiger partial charge in [0.15, 0.2) is 11.9 Å². The second kappa shape index (κ2) is 7.40. The number of allylic oxidation sites excluding steroid dienone is 3. The fourth-order valence-corrected chi connectivity index (χ4v) is 4.36. The molecule has 1 fully saturated rings. The van der Waals surface area contributed by atoms with Crippen molar-refractivity contribution in [2.45, 2.75) is 29.6 Å². The van der Waals surface area contributed by atoms with E-state index in [-0.39, 0.29) is 0 Å². The molecule has 2 aromatic rings. The molecule has 0 spiro atoms. The second-order valence-electron chi connectivity index (χ2n) is 6.62. The third-order valence-corrected chi connectivity index (χ3v) is 5.94. The first kappa shape index (κ1) is 18.5. The molecule has 1 saturated heterocycles. The minimum Gasteiger partial charge on any atom is -0.394 e. The van der Waals surface area contributed by atoms with E-state index >= 15 is 0 Å². The first-order valence-corrected chi connectivity index (χ1v) is 9.88. The Morgan fingerprint density at radius 2 is 2.10 bits per heavy atom. The van der Waals surface area contributed by atoms with Crippen LogP contribution >= 0.6 is 11.8 Å². The number of hydroxylamine groups is 3. The van der Waals surface area contributed by atoms with Gasteiger partial charge in [0, 0.05) is 12.0 Å². The number of fused-ring (bicyclic) bond motifs is 2. The number of aliphatic hydroxyl groups is 3. The van der Waals surface area contributed by atoms with Crippen LogP contribution in [0.1, 0.15) is 6.23 Å². The SMILES string of the molecule is OCC1OC(n2cnc3c(SCC4=CC=CN5ONC=C45)ncnc32)C(O)C1O. The Balaban J connectivity index is 1.39. The third kappa shape index (κ3) is 3.10. The zero-order valence-electron chi connectivity index (χ0n) is 15.0. The van der Waals surface area contributed by atoms with Crippen LogP contribution in [0.25, 0.3) is 11.2 Å². The fraction of sp³-hybridized carbons (Fsp3) is 0.353. The van der Waals surface area contributed by atoms with Crippen molar-refractivity contribution in [3.05, 3.63) is 48.5 Å². The minimum absolute atomic E-state index is 0.396. The van der Waals surface area contributed by atoms with Gasteiger partial charge in [0.05, 0.1) is 24.8 Å². The highest BCUT2D eigenvalue weighted by Gasteiger charge is 2.44. The number of hydrogen-bond acceptors (Lipinski definition) is 11. The molecular weight excluding hydrogens is 400 g/mol. The normalized spacial score (nSPS) is 28.4. The number of aliphatic hydroxyl groups excluding tert-OH is 3. The molecule has 152 valence electrons. The predicted octanol–water partition coefficient (Wildman–Crippen LogP) is -0.423. The molecule has 4 unspecified atom stereocenters. The van der Waals surface area contributed by atoms with Gasteiger partial charge in [-0.05, 0) is 11.6 Å². The van der Waals surface area contributed by atoms with Crippen LogP contribution in [-0.4, -0.2) is 70.6 Å². The Bertz CT molecular complexity index is 1020. The molecule has 5 heterocycles. The van der Waals surface area contributed by atoms with Crippen molar-refractivity contribution in [3.63, 3.8) is 0 Å². The first-order chi connectivity index (χ1) is 14.2. The van der Waals surface area contributed by atoms with E-state index in [0.717, 1.165) is 11.3 Å². The largest absolute Gasteiger partial charge is 0.394 e. The lowest BCUT2D eigenvalue weighted by molar-refractivity contribution is -0.113. The lowest BCUT2D eigenvalue weighted by Gasteiger charge is -2.19. The Morgan fingerprint density at radius 1 is 1.21 bits per heavy atom. The van der Waals surface area contributed by atoms with Gasteiger partial charge in [-0.3, -0.25) is 4.57 Å². The Hall–Kier alpha value is -2.48. The Morgan fingerprint density at radius 3 is 2.93 bits per heavy atom. The van der Waals surface area contributed by atoms with Gasteiger partial charge in [-0.1, -0.05) is 17.8 Å². The van der Waals surface area contributed by atoms with Crippen LogP contribution in [0.3, 0.4) is 0 Å². The van der Waals surface area contributed by atoms with E-state index < -0.39 is 31.1 Å². The van der Waals surface area contributed by atoms with E-state index in [0.29, 0.717) is 21.9 Å². The standard InChI is InChI=1S/C17H18N6O5S/c24-5-11-13(25)14(26)17(27-11)22-8-20-12-15(22)18-7-19-16(12)29-6-9-2-1-3-23-10(9)4-21-28-23/h1-4,7-8,11,13-14,17,21,24-26H,5-6H2. The van der Waals surface area contributed by atoms with Crippen LogP contribution in [0.4, 0.5) is 0 Å². The summed E-state index contributed by atoms with van der Waals surface area (Å²) in [6.07, 6.45) is 6.24. The fourth-order valence-electron chi connectivity index (χ4n) is 3.42. The van der Waals surface area contributed by atoms with E-state index in [1.54, 1.807) is 15.8 Å². The van der Waals surface area contributed by atoms with Crippen LogP contribution in [0.15, 0.2) is 53.5 Å². The number of imidazole rings is 1. The summed E-state index contributed by atoms with van der Waals surface area (Å²) in [4.78, 5) is 18.2. The van der Waals surface area contributed by atoms with Crippen LogP contribution in [0, 0.1) is 0 Å². The molecule has 0 aromatic carbocycles. The van der Waals surface area contributed by atoms with Gasteiger partial charge in [0.25, 0.3) is 0 Å². The number of hydrogen-bond donors (Lipinski definition) is 4. The second-order valence-corrected chi connectivity index (χ2v) is 7.58. The number of rotatable bonds is 5. The van der Waals surface area contributed by atoms with Crippen molar-refractivity contribution < 1.29 is 25.0 Å². The highest BCUT2D eigenvalue weighted by molar-refractivity contribution is 7.99. The Kier molecular flexibility index (Phi) is 4.73. The molecular formula is C17H18N6O5S. The smallest absolute Gasteiger partial charge is 0.166 e. The van der Waals surface area contributed by atoms with Gasteiger partial charge in [-0.25, -0.2) is 25.5 Å². The maximum atomic E-state index is 10.3. The highest BCUT2D eigenvalue weighted by atomic mass is 32.2. The van der Waals surface area contributed by atoms with Gasteiger partial charge in [-0.2, -0.15) is 4.94 Å². The number of nitrogens with one attached hydrogen (secondary N) is 1. The average molecular weight is 418 g/mol. The zero-order chi connectivity index (χ0) is 20.0. The van der Waals surface area contributed by atoms with Crippen molar-refractivity contribution >= 4 is 22.9 Å². The summed E-state index contributed by atoms with van der Waals surface area (Å²) in [6, 6.07) is 0. The molecule has 4 N–H and O–H groups in total. The van der Waals surface area contributed by atoms with Gasteiger partial charge >= 0.3 is 0 Å². The number of aromatic nitrogens is 4. The van der Waals surface area contributed by atoms with Crippen LogP contribution < -0.4 is 5.48 Å². The average Bonchev–Trinajstić information content (AvgIpc) is 3.45. The molecule has 3 aliphatic rings. The molecule has 0 radical (unpaired) electrons. The summed E-state index contributed by atoms with van der Waals surface area (Å²) in [5.74, 6) is 0.630. The van der Waals surface area contributed by atoms with E-state index in [2.05, 4.69) is 20.4 Å². The van der Waals surface area contributed by atoms with Crippen molar-refractivity contribution in [2.75, 3.05) is 12.4 Å². The molecule has 0 saturated carbocycles. The predicted molar refractivity (Wildman–Crippen MR) is 100 cm³/mol. The number of nitrogens with zero attached hydrogens (tertiary/aromatic N) is 5. The van der Waals surface area contributed by atoms with Gasteiger partial charge < -0.3 is 20.1 Å². The number of ether oxygens (including phenoxy) is 1. The maximum Gasteiger partial charge on any atom is 0.166 e. The van der Waals surface area contributed by atoms with E-state index in [1.165, 1.54) is 24.4 Å². The summed E-state index contributed by atoms with van der Waals surface area (Å²) in [7, 11) is 0. The lowest BCUT2D eigenvalue weighted by atomic mass is 10.1. The first-order valence-electron chi connectivity index (χ1n) is 8.90. The van der Waals surface area contributed by atoms with E-state index in [1.807, 2.05) is 18.4 Å². The van der Waals surface area contributed by atoms with Crippen LogP contribution in [0.2, 0.25) is 0 Å². The molecule has 0 amide bonds. The summed E-state index contributed by atoms with van der Waals surface area (Å²) >= 11 is 1.49. The Labute approximate surface area is 168 Å². The molecule has 2 aromatic heterocycles. The third-order valence-electron chi connectivity index (χ3n) is 4.91. The minimum atomic E-state index is -1.21. The van der Waals surface area contributed by atoms with Crippen molar-refractivity contribution in [2.24, 2.45) is 0 Å². The van der Waals surface area contributed by atoms with Crippen LogP contribution in [0.5, 0.6) is 0 Å². The number of thioether (sulfide) groups is 1. The van der Waals surface area contributed by atoms with Gasteiger partial charge in [0.2, 0.25) is 0 Å². The summed E-state index contributed by atoms with van der Waals surface area (Å²) < 4.78 is 7.13. The monoisotopic (exact) mass is 418 g/mol. The lowest BCUT2D eigenvalue weighted by Crippen LogP contribution is -2.33. The molecule has 4 atom stereocenters. The van der Waals surface area contributed by atoms with E-state index in [9.17, 15) is 15.3 Å². The van der Waals surface area contributed by atoms with E-state index in [4.69, 9.17) is 9.68 Å². The molecule has 0 bridgehead atoms. The topological polar surface area (TPSA) is 138 Å². The molecule has 5 rings (SSSR count). The van der Waals surface area contributed by atoms with Crippen LogP contribution in [-0.2, 0) is 9.68 Å². The zero-order valence-corrected chi connectivity index (χ0v) is 15.8. The summed E-state index contributed by atoms with van der Waals surface area (Å²) in [5, 5.41) is 31.9.